The lowest BCUT2D eigenvalue weighted by atomic mass is 9.79. The fraction of sp³-hybridized carbons (Fsp3) is 0.531. The number of quaternary nitrogens is 1. The molecule has 1 atom stereocenters. The Balaban J connectivity index is 1.68. The number of carboxylic acid groups (broad SMARTS) is 1. The van der Waals surface area contributed by atoms with Gasteiger partial charge in [-0.25, -0.2) is 4.79 Å². The second kappa shape index (κ2) is 13.8. The molecule has 0 bridgehead atoms. The van der Waals surface area contributed by atoms with Crippen LogP contribution in [0.3, 0.4) is 0 Å². The highest BCUT2D eigenvalue weighted by Crippen LogP contribution is 2.40. The van der Waals surface area contributed by atoms with Crippen molar-refractivity contribution in [3.8, 4) is 0 Å². The van der Waals surface area contributed by atoms with Crippen LogP contribution < -0.4 is 5.32 Å². The average molecular weight is 619 g/mol. The molecule has 0 aromatic heterocycles. The van der Waals surface area contributed by atoms with Crippen molar-refractivity contribution in [2.24, 2.45) is 0 Å². The number of nitrogens with zero attached hydrogens (tertiary/aromatic N) is 3. The van der Waals surface area contributed by atoms with Crippen molar-refractivity contribution < 1.29 is 24.0 Å². The highest BCUT2D eigenvalue weighted by Gasteiger charge is 2.57. The standard InChI is InChI=1S/C32H42Cl2N4O4/c1-36(2)31(42)32(14-16-35-17-15-32)38(18-7-4-8-19-38)20-13-24(23-11-12-27(33)28(34)21-23)22-37(3)29(39)25-9-5-6-10-26(25)30(40)41/h5-6,9-12,21,24,35H,4,7-8,13-20,22H2,1-3H3/p+1. The van der Waals surface area contributed by atoms with E-state index in [1.165, 1.54) is 12.5 Å². The number of likely N-dealkylation sites (tertiary alicyclic amines) is 1. The van der Waals surface area contributed by atoms with Crippen LogP contribution in [0.4, 0.5) is 0 Å². The Morgan fingerprint density at radius 3 is 2.19 bits per heavy atom. The zero-order valence-corrected chi connectivity index (χ0v) is 26.4. The van der Waals surface area contributed by atoms with Crippen LogP contribution >= 0.6 is 23.2 Å². The van der Waals surface area contributed by atoms with Crippen molar-refractivity contribution in [3.05, 3.63) is 69.2 Å². The van der Waals surface area contributed by atoms with Crippen LogP contribution in [0.1, 0.15) is 70.7 Å². The van der Waals surface area contributed by atoms with E-state index in [0.717, 1.165) is 74.9 Å². The Morgan fingerprint density at radius 1 is 0.952 bits per heavy atom. The van der Waals surface area contributed by atoms with E-state index in [1.807, 2.05) is 26.2 Å². The van der Waals surface area contributed by atoms with Crippen LogP contribution in [0, 0.1) is 0 Å². The summed E-state index contributed by atoms with van der Waals surface area (Å²) in [7, 11) is 5.43. The molecule has 4 rings (SSSR count). The molecule has 2 saturated heterocycles. The number of hydrogen-bond donors (Lipinski definition) is 2. The van der Waals surface area contributed by atoms with Crippen LogP contribution in [-0.2, 0) is 4.79 Å². The predicted molar refractivity (Wildman–Crippen MR) is 166 cm³/mol. The predicted octanol–water partition coefficient (Wildman–Crippen LogP) is 5.15. The fourth-order valence-corrected chi connectivity index (χ4v) is 7.45. The van der Waals surface area contributed by atoms with E-state index >= 15 is 0 Å². The molecule has 1 unspecified atom stereocenters. The van der Waals surface area contributed by atoms with E-state index < -0.39 is 11.5 Å². The van der Waals surface area contributed by atoms with Gasteiger partial charge in [0.2, 0.25) is 0 Å². The number of carboxylic acids is 1. The van der Waals surface area contributed by atoms with E-state index in [1.54, 1.807) is 41.1 Å². The van der Waals surface area contributed by atoms with E-state index in [4.69, 9.17) is 23.2 Å². The molecule has 8 nitrogen and oxygen atoms in total. The summed E-state index contributed by atoms with van der Waals surface area (Å²) in [5.74, 6) is -1.38. The lowest BCUT2D eigenvalue weighted by molar-refractivity contribution is -0.972. The van der Waals surface area contributed by atoms with Crippen LogP contribution in [0.5, 0.6) is 0 Å². The minimum absolute atomic E-state index is 0.0201. The molecule has 0 aliphatic carbocycles. The number of piperidine rings is 2. The first-order valence-corrected chi connectivity index (χ1v) is 15.6. The maximum Gasteiger partial charge on any atom is 0.336 e. The van der Waals surface area contributed by atoms with Crippen LogP contribution in [-0.4, -0.2) is 103 Å². The Bertz CT molecular complexity index is 1290. The molecule has 2 amide bonds. The number of likely N-dealkylation sites (N-methyl/N-ethyl adjacent to an activating group) is 2. The summed E-state index contributed by atoms with van der Waals surface area (Å²) in [6, 6.07) is 11.9. The molecule has 0 saturated carbocycles. The second-order valence-electron chi connectivity index (χ2n) is 12.1. The lowest BCUT2D eigenvalue weighted by Gasteiger charge is -2.56. The third-order valence-electron chi connectivity index (χ3n) is 9.36. The van der Waals surface area contributed by atoms with E-state index in [-0.39, 0.29) is 28.9 Å². The minimum Gasteiger partial charge on any atom is -0.478 e. The molecule has 42 heavy (non-hydrogen) atoms. The van der Waals surface area contributed by atoms with Gasteiger partial charge in [-0.05, 0) is 49.1 Å². The number of carbonyl (C=O) groups is 3. The summed E-state index contributed by atoms with van der Waals surface area (Å²) < 4.78 is 0.753. The van der Waals surface area contributed by atoms with Crippen molar-refractivity contribution in [2.45, 2.75) is 50.0 Å². The summed E-state index contributed by atoms with van der Waals surface area (Å²) in [6.07, 6.45) is 5.65. The maximum atomic E-state index is 14.0. The Kier molecular flexibility index (Phi) is 10.6. The van der Waals surface area contributed by atoms with Gasteiger partial charge >= 0.3 is 5.97 Å². The molecule has 2 aromatic rings. The molecule has 0 radical (unpaired) electrons. The van der Waals surface area contributed by atoms with Crippen LogP contribution in [0.25, 0.3) is 0 Å². The van der Waals surface area contributed by atoms with Gasteiger partial charge < -0.3 is 24.7 Å². The molecule has 2 aliphatic heterocycles. The number of aromatic carboxylic acids is 1. The van der Waals surface area contributed by atoms with Crippen molar-refractivity contribution in [1.29, 1.82) is 0 Å². The van der Waals surface area contributed by atoms with Gasteiger partial charge in [0.15, 0.2) is 5.54 Å². The Hall–Kier alpha value is -2.65. The van der Waals surface area contributed by atoms with E-state index in [2.05, 4.69) is 5.32 Å². The molecule has 2 N–H and O–H groups in total. The molecule has 2 fully saturated rings. The average Bonchev–Trinajstić information content (AvgIpc) is 3.00. The minimum atomic E-state index is -1.14. The summed E-state index contributed by atoms with van der Waals surface area (Å²) in [4.78, 5) is 42.7. The van der Waals surface area contributed by atoms with Gasteiger partial charge in [0.25, 0.3) is 11.8 Å². The number of benzene rings is 2. The molecule has 2 heterocycles. The van der Waals surface area contributed by atoms with Gasteiger partial charge in [-0.15, -0.1) is 0 Å². The van der Waals surface area contributed by atoms with Crippen molar-refractivity contribution in [1.82, 2.24) is 15.1 Å². The monoisotopic (exact) mass is 617 g/mol. The van der Waals surface area contributed by atoms with Crippen LogP contribution in [0.15, 0.2) is 42.5 Å². The quantitative estimate of drug-likeness (QED) is 0.360. The topological polar surface area (TPSA) is 90.0 Å². The third kappa shape index (κ3) is 6.62. The van der Waals surface area contributed by atoms with Crippen LogP contribution in [0.2, 0.25) is 10.0 Å². The molecule has 10 heteroatoms. The first-order chi connectivity index (χ1) is 20.0. The van der Waals surface area contributed by atoms with Gasteiger partial charge in [-0.3, -0.25) is 9.59 Å². The van der Waals surface area contributed by atoms with Crippen molar-refractivity contribution in [3.63, 3.8) is 0 Å². The Labute approximate surface area is 259 Å². The number of nitrogens with one attached hydrogen (secondary N) is 1. The first kappa shape index (κ1) is 32.3. The fourth-order valence-electron chi connectivity index (χ4n) is 7.14. The van der Waals surface area contributed by atoms with Crippen molar-refractivity contribution in [2.75, 3.05) is 60.4 Å². The lowest BCUT2D eigenvalue weighted by Crippen LogP contribution is -2.74. The third-order valence-corrected chi connectivity index (χ3v) is 10.1. The highest BCUT2D eigenvalue weighted by molar-refractivity contribution is 6.42. The first-order valence-electron chi connectivity index (χ1n) is 14.8. The smallest absolute Gasteiger partial charge is 0.336 e. The summed E-state index contributed by atoms with van der Waals surface area (Å²) in [5, 5.41) is 14.0. The van der Waals surface area contributed by atoms with Gasteiger partial charge in [-0.2, -0.15) is 0 Å². The zero-order valence-electron chi connectivity index (χ0n) is 24.9. The number of amides is 2. The number of halogens is 2. The normalized spacial score (nSPS) is 18.6. The van der Waals surface area contributed by atoms with E-state index in [0.29, 0.717) is 16.6 Å². The summed E-state index contributed by atoms with van der Waals surface area (Å²) in [5.41, 5.74) is 0.613. The summed E-state index contributed by atoms with van der Waals surface area (Å²) >= 11 is 12.7. The SMILES string of the molecule is CN(C)C(=O)C1([N+]2(CCC(CN(C)C(=O)c3ccccc3C(=O)O)c3ccc(Cl)c(Cl)c3)CCCCC2)CCNCC1. The van der Waals surface area contributed by atoms with E-state index in [9.17, 15) is 19.5 Å². The Morgan fingerprint density at radius 2 is 1.60 bits per heavy atom. The summed E-state index contributed by atoms with van der Waals surface area (Å²) in [6.45, 7) is 4.69. The molecular weight excluding hydrogens is 575 g/mol. The van der Waals surface area contributed by atoms with Gasteiger partial charge in [-0.1, -0.05) is 41.4 Å². The maximum absolute atomic E-state index is 14.0. The number of rotatable bonds is 10. The molecule has 228 valence electrons. The largest absolute Gasteiger partial charge is 0.478 e. The zero-order chi connectivity index (χ0) is 30.5. The van der Waals surface area contributed by atoms with Crippen molar-refractivity contribution >= 4 is 41.0 Å². The van der Waals surface area contributed by atoms with Gasteiger partial charge in [0.05, 0.1) is 40.8 Å². The molecular formula is C32H43Cl2N4O4+. The number of hydrogen-bond acceptors (Lipinski definition) is 4. The number of carbonyl (C=O) groups excluding carboxylic acids is 2. The molecule has 2 aliphatic rings. The molecule has 0 spiro atoms. The van der Waals surface area contributed by atoms with Gasteiger partial charge in [0, 0.05) is 66.0 Å². The highest BCUT2D eigenvalue weighted by atomic mass is 35.5. The van der Waals surface area contributed by atoms with Gasteiger partial charge in [0.1, 0.15) is 0 Å². The molecule has 2 aromatic carbocycles. The second-order valence-corrected chi connectivity index (χ2v) is 12.9.